The monoisotopic (exact) mass is 238 g/mol. The van der Waals surface area contributed by atoms with Crippen LogP contribution in [0.5, 0.6) is 5.75 Å². The number of ether oxygens (including phenoxy) is 2. The van der Waals surface area contributed by atoms with E-state index in [2.05, 4.69) is 0 Å². The lowest BCUT2D eigenvalue weighted by Gasteiger charge is -2.32. The minimum absolute atomic E-state index is 0.548. The Hall–Kier alpha value is -1.06. The Morgan fingerprint density at radius 1 is 1.24 bits per heavy atom. The lowest BCUT2D eigenvalue weighted by atomic mass is 9.90. The van der Waals surface area contributed by atoms with Gasteiger partial charge in [0.1, 0.15) is 11.9 Å². The summed E-state index contributed by atoms with van der Waals surface area (Å²) in [6.45, 7) is 6.50. The van der Waals surface area contributed by atoms with Crippen molar-refractivity contribution in [2.75, 3.05) is 13.7 Å². The molecule has 3 nitrogen and oxygen atoms in total. The molecular formula is C14H22O3. The van der Waals surface area contributed by atoms with Gasteiger partial charge in [0.2, 0.25) is 0 Å². The average Bonchev–Trinajstić information content (AvgIpc) is 2.38. The fourth-order valence-electron chi connectivity index (χ4n) is 1.71. The van der Waals surface area contributed by atoms with Gasteiger partial charge in [-0.25, -0.2) is 0 Å². The fourth-order valence-corrected chi connectivity index (χ4v) is 1.71. The lowest BCUT2D eigenvalue weighted by Crippen LogP contribution is -2.34. The van der Waals surface area contributed by atoms with Crippen LogP contribution in [0.15, 0.2) is 24.3 Å². The van der Waals surface area contributed by atoms with Crippen LogP contribution < -0.4 is 4.74 Å². The molecule has 0 aromatic heterocycles. The maximum Gasteiger partial charge on any atom is 0.119 e. The van der Waals surface area contributed by atoms with Crippen LogP contribution >= 0.6 is 0 Å². The number of aliphatic hydroxyl groups excluding tert-OH is 1. The summed E-state index contributed by atoms with van der Waals surface area (Å²) in [7, 11) is 1.63. The quantitative estimate of drug-likeness (QED) is 0.828. The Morgan fingerprint density at radius 3 is 2.24 bits per heavy atom. The van der Waals surface area contributed by atoms with E-state index in [4.69, 9.17) is 9.47 Å². The Kier molecular flexibility index (Phi) is 4.97. The maximum atomic E-state index is 10.3. The molecular weight excluding hydrogens is 216 g/mol. The van der Waals surface area contributed by atoms with Gasteiger partial charge in [0, 0.05) is 7.11 Å². The standard InChI is InChI=1S/C14H22O3/c1-5-14(3,16-4)13(15)11-7-9-12(10-8-11)17-6-2/h7-10,13,15H,5-6H2,1-4H3. The van der Waals surface area contributed by atoms with Crippen molar-refractivity contribution >= 4 is 0 Å². The summed E-state index contributed by atoms with van der Waals surface area (Å²) < 4.78 is 10.8. The van der Waals surface area contributed by atoms with Crippen molar-refractivity contribution < 1.29 is 14.6 Å². The van der Waals surface area contributed by atoms with Gasteiger partial charge in [-0.1, -0.05) is 19.1 Å². The van der Waals surface area contributed by atoms with E-state index in [-0.39, 0.29) is 0 Å². The third-order valence-electron chi connectivity index (χ3n) is 3.25. The van der Waals surface area contributed by atoms with Crippen LogP contribution in [0.25, 0.3) is 0 Å². The van der Waals surface area contributed by atoms with Crippen LogP contribution in [0.1, 0.15) is 38.9 Å². The van der Waals surface area contributed by atoms with Gasteiger partial charge in [0.15, 0.2) is 0 Å². The smallest absolute Gasteiger partial charge is 0.119 e. The zero-order valence-electron chi connectivity index (χ0n) is 11.1. The first-order valence-corrected chi connectivity index (χ1v) is 6.03. The summed E-state index contributed by atoms with van der Waals surface area (Å²) in [5.41, 5.74) is 0.298. The van der Waals surface area contributed by atoms with Crippen LogP contribution in [0.4, 0.5) is 0 Å². The Morgan fingerprint density at radius 2 is 1.82 bits per heavy atom. The van der Waals surface area contributed by atoms with Gasteiger partial charge in [0.25, 0.3) is 0 Å². The van der Waals surface area contributed by atoms with Gasteiger partial charge < -0.3 is 14.6 Å². The number of hydrogen-bond donors (Lipinski definition) is 1. The summed E-state index contributed by atoms with van der Waals surface area (Å²) in [4.78, 5) is 0. The molecule has 0 heterocycles. The average molecular weight is 238 g/mol. The predicted octanol–water partition coefficient (Wildman–Crippen LogP) is 2.93. The molecule has 0 radical (unpaired) electrons. The number of benzene rings is 1. The van der Waals surface area contributed by atoms with E-state index in [1.807, 2.05) is 45.0 Å². The van der Waals surface area contributed by atoms with Crippen molar-refractivity contribution in [3.63, 3.8) is 0 Å². The second-order valence-electron chi connectivity index (χ2n) is 4.27. The van der Waals surface area contributed by atoms with Crippen LogP contribution in [-0.4, -0.2) is 24.4 Å². The first kappa shape index (κ1) is 14.0. The summed E-state index contributed by atoms with van der Waals surface area (Å²) in [6.07, 6.45) is 0.117. The second-order valence-corrected chi connectivity index (χ2v) is 4.27. The summed E-state index contributed by atoms with van der Waals surface area (Å²) in [5, 5.41) is 10.3. The molecule has 0 aliphatic carbocycles. The zero-order valence-corrected chi connectivity index (χ0v) is 11.1. The molecule has 1 aromatic carbocycles. The van der Waals surface area contributed by atoms with Crippen molar-refractivity contribution in [2.45, 2.75) is 38.9 Å². The van der Waals surface area contributed by atoms with Gasteiger partial charge in [0.05, 0.1) is 12.2 Å². The van der Waals surface area contributed by atoms with Crippen molar-refractivity contribution in [1.82, 2.24) is 0 Å². The summed E-state index contributed by atoms with van der Waals surface area (Å²) in [6, 6.07) is 7.49. The number of hydrogen-bond acceptors (Lipinski definition) is 3. The molecule has 1 aromatic rings. The fraction of sp³-hybridized carbons (Fsp3) is 0.571. The molecule has 2 atom stereocenters. The Bertz CT molecular complexity index is 328. The van der Waals surface area contributed by atoms with E-state index in [0.717, 1.165) is 17.7 Å². The van der Waals surface area contributed by atoms with Crippen molar-refractivity contribution in [2.24, 2.45) is 0 Å². The maximum absolute atomic E-state index is 10.3. The van der Waals surface area contributed by atoms with E-state index >= 15 is 0 Å². The van der Waals surface area contributed by atoms with Crippen molar-refractivity contribution in [3.8, 4) is 5.75 Å². The topological polar surface area (TPSA) is 38.7 Å². The molecule has 3 heteroatoms. The molecule has 1 N–H and O–H groups in total. The van der Waals surface area contributed by atoms with Gasteiger partial charge in [-0.3, -0.25) is 0 Å². The van der Waals surface area contributed by atoms with Crippen LogP contribution in [0.3, 0.4) is 0 Å². The number of methoxy groups -OCH3 is 1. The highest BCUT2D eigenvalue weighted by Gasteiger charge is 2.32. The van der Waals surface area contributed by atoms with Gasteiger partial charge in [-0.15, -0.1) is 0 Å². The molecule has 1 rings (SSSR count). The SMILES string of the molecule is CCOc1ccc(C(O)C(C)(CC)OC)cc1. The van der Waals surface area contributed by atoms with Gasteiger partial charge in [-0.2, -0.15) is 0 Å². The highest BCUT2D eigenvalue weighted by Crippen LogP contribution is 2.32. The molecule has 0 fully saturated rings. The van der Waals surface area contributed by atoms with E-state index in [1.54, 1.807) is 7.11 Å². The van der Waals surface area contributed by atoms with Gasteiger partial charge >= 0.3 is 0 Å². The van der Waals surface area contributed by atoms with Crippen LogP contribution in [0, 0.1) is 0 Å². The first-order valence-electron chi connectivity index (χ1n) is 6.03. The highest BCUT2D eigenvalue weighted by atomic mass is 16.5. The zero-order chi connectivity index (χ0) is 12.9. The molecule has 0 bridgehead atoms. The molecule has 0 saturated carbocycles. The molecule has 0 amide bonds. The molecule has 0 spiro atoms. The van der Waals surface area contributed by atoms with E-state index < -0.39 is 11.7 Å². The molecule has 2 unspecified atom stereocenters. The van der Waals surface area contributed by atoms with E-state index in [9.17, 15) is 5.11 Å². The molecule has 0 aliphatic heterocycles. The molecule has 0 saturated heterocycles. The van der Waals surface area contributed by atoms with Gasteiger partial charge in [-0.05, 0) is 38.0 Å². The molecule has 96 valence electrons. The summed E-state index contributed by atoms with van der Waals surface area (Å²) >= 11 is 0. The second kappa shape index (κ2) is 6.03. The van der Waals surface area contributed by atoms with Crippen molar-refractivity contribution in [1.29, 1.82) is 0 Å². The predicted molar refractivity (Wildman–Crippen MR) is 68.3 cm³/mol. The lowest BCUT2D eigenvalue weighted by molar-refractivity contribution is -0.0944. The van der Waals surface area contributed by atoms with E-state index in [0.29, 0.717) is 6.61 Å². The normalized spacial score (nSPS) is 16.3. The van der Waals surface area contributed by atoms with E-state index in [1.165, 1.54) is 0 Å². The highest BCUT2D eigenvalue weighted by molar-refractivity contribution is 5.29. The third kappa shape index (κ3) is 3.20. The minimum atomic E-state index is -0.631. The van der Waals surface area contributed by atoms with Crippen LogP contribution in [-0.2, 0) is 4.74 Å². The largest absolute Gasteiger partial charge is 0.494 e. The number of aliphatic hydroxyl groups is 1. The summed E-state index contributed by atoms with van der Waals surface area (Å²) in [5.74, 6) is 0.819. The number of rotatable bonds is 6. The first-order chi connectivity index (χ1) is 8.07. The third-order valence-corrected chi connectivity index (χ3v) is 3.25. The molecule has 0 aliphatic rings. The van der Waals surface area contributed by atoms with Crippen molar-refractivity contribution in [3.05, 3.63) is 29.8 Å². The minimum Gasteiger partial charge on any atom is -0.494 e. The Balaban J connectivity index is 2.85. The Labute approximate surface area is 103 Å². The van der Waals surface area contributed by atoms with Crippen LogP contribution in [0.2, 0.25) is 0 Å². The molecule has 17 heavy (non-hydrogen) atoms.